The van der Waals surface area contributed by atoms with Crippen LogP contribution in [0.2, 0.25) is 5.02 Å². The van der Waals surface area contributed by atoms with Crippen LogP contribution in [0.15, 0.2) is 48.5 Å². The number of hydrogen-bond acceptors (Lipinski definition) is 3. The molecular weight excluding hydrogens is 336 g/mol. The van der Waals surface area contributed by atoms with E-state index < -0.39 is 6.10 Å². The molecule has 2 rings (SSSR count). The highest BCUT2D eigenvalue weighted by Crippen LogP contribution is 2.23. The van der Waals surface area contributed by atoms with E-state index >= 15 is 0 Å². The maximum atomic E-state index is 12.4. The molecule has 0 aliphatic carbocycles. The Morgan fingerprint density at radius 2 is 1.88 bits per heavy atom. The number of likely N-dealkylation sites (N-methyl/N-ethyl adjacent to an activating group) is 1. The van der Waals surface area contributed by atoms with Gasteiger partial charge in [0.2, 0.25) is 0 Å². The number of carbonyl (C=O) groups excluding carboxylic acids is 1. The van der Waals surface area contributed by atoms with Crippen molar-refractivity contribution in [3.05, 3.63) is 64.7 Å². The maximum absolute atomic E-state index is 12.4. The molecule has 1 N–H and O–H groups in total. The molecule has 25 heavy (non-hydrogen) atoms. The van der Waals surface area contributed by atoms with Crippen molar-refractivity contribution < 1.29 is 9.53 Å². The highest BCUT2D eigenvalue weighted by Gasteiger charge is 2.19. The molecular formula is C20H25ClN2O2. The number of halogens is 1. The molecule has 2 unspecified atom stereocenters. The standard InChI is InChI=1S/C20H25ClN2O2/c1-14-12-17(21)10-11-19(14)25-15(2)20(24)22-13-18(23(3)4)16-8-6-5-7-9-16/h5-12,15,18H,13H2,1-4H3,(H,22,24). The van der Waals surface area contributed by atoms with E-state index in [-0.39, 0.29) is 11.9 Å². The van der Waals surface area contributed by atoms with E-state index in [2.05, 4.69) is 22.3 Å². The van der Waals surface area contributed by atoms with Crippen molar-refractivity contribution in [1.82, 2.24) is 10.2 Å². The molecule has 5 heteroatoms. The molecule has 0 spiro atoms. The smallest absolute Gasteiger partial charge is 0.260 e. The van der Waals surface area contributed by atoms with Gasteiger partial charge in [0.05, 0.1) is 6.04 Å². The van der Waals surface area contributed by atoms with Gasteiger partial charge in [0.15, 0.2) is 6.10 Å². The zero-order valence-electron chi connectivity index (χ0n) is 15.1. The van der Waals surface area contributed by atoms with Crippen molar-refractivity contribution >= 4 is 17.5 Å². The molecule has 4 nitrogen and oxygen atoms in total. The van der Waals surface area contributed by atoms with Gasteiger partial charge >= 0.3 is 0 Å². The van der Waals surface area contributed by atoms with Gasteiger partial charge in [0.1, 0.15) is 5.75 Å². The predicted molar refractivity (Wildman–Crippen MR) is 102 cm³/mol. The van der Waals surface area contributed by atoms with Crippen LogP contribution in [0.5, 0.6) is 5.75 Å². The van der Waals surface area contributed by atoms with E-state index in [1.54, 1.807) is 19.1 Å². The first-order valence-corrected chi connectivity index (χ1v) is 8.68. The van der Waals surface area contributed by atoms with Crippen LogP contribution in [-0.4, -0.2) is 37.6 Å². The van der Waals surface area contributed by atoms with Gasteiger partial charge in [-0.05, 0) is 57.3 Å². The third-order valence-corrected chi connectivity index (χ3v) is 4.32. The van der Waals surface area contributed by atoms with Gasteiger partial charge in [0, 0.05) is 11.6 Å². The van der Waals surface area contributed by atoms with Crippen molar-refractivity contribution in [3.8, 4) is 5.75 Å². The molecule has 0 aliphatic heterocycles. The SMILES string of the molecule is Cc1cc(Cl)ccc1OC(C)C(=O)NCC(c1ccccc1)N(C)C. The number of nitrogens with one attached hydrogen (secondary N) is 1. The fourth-order valence-corrected chi connectivity index (χ4v) is 2.83. The van der Waals surface area contributed by atoms with E-state index in [4.69, 9.17) is 16.3 Å². The average Bonchev–Trinajstić information content (AvgIpc) is 2.58. The second-order valence-corrected chi connectivity index (χ2v) is 6.74. The number of benzene rings is 2. The first-order chi connectivity index (χ1) is 11.9. The summed E-state index contributed by atoms with van der Waals surface area (Å²) in [5.41, 5.74) is 2.07. The number of aryl methyl sites for hydroxylation is 1. The normalized spacial score (nSPS) is 13.4. The lowest BCUT2D eigenvalue weighted by atomic mass is 10.1. The van der Waals surface area contributed by atoms with Gasteiger partial charge in [-0.1, -0.05) is 41.9 Å². The van der Waals surface area contributed by atoms with E-state index in [1.807, 2.05) is 45.3 Å². The molecule has 2 aromatic carbocycles. The van der Waals surface area contributed by atoms with Crippen LogP contribution in [-0.2, 0) is 4.79 Å². The number of rotatable bonds is 7. The highest BCUT2D eigenvalue weighted by atomic mass is 35.5. The maximum Gasteiger partial charge on any atom is 0.260 e. The largest absolute Gasteiger partial charge is 0.481 e. The number of amides is 1. The third-order valence-electron chi connectivity index (χ3n) is 4.09. The number of carbonyl (C=O) groups is 1. The molecule has 0 heterocycles. The van der Waals surface area contributed by atoms with Crippen LogP contribution in [0.3, 0.4) is 0 Å². The highest BCUT2D eigenvalue weighted by molar-refractivity contribution is 6.30. The van der Waals surface area contributed by atoms with Crippen molar-refractivity contribution in [2.45, 2.75) is 26.0 Å². The summed E-state index contributed by atoms with van der Waals surface area (Å²) in [5, 5.41) is 3.63. The monoisotopic (exact) mass is 360 g/mol. The molecule has 0 saturated heterocycles. The van der Waals surface area contributed by atoms with Gasteiger partial charge in [-0.25, -0.2) is 0 Å². The molecule has 0 aromatic heterocycles. The topological polar surface area (TPSA) is 41.6 Å². The van der Waals surface area contributed by atoms with E-state index in [0.717, 1.165) is 11.1 Å². The average molecular weight is 361 g/mol. The molecule has 0 saturated carbocycles. The molecule has 0 fully saturated rings. The van der Waals surface area contributed by atoms with Crippen LogP contribution in [0.4, 0.5) is 0 Å². The lowest BCUT2D eigenvalue weighted by Gasteiger charge is -2.26. The molecule has 2 aromatic rings. The Morgan fingerprint density at radius 3 is 2.48 bits per heavy atom. The number of ether oxygens (including phenoxy) is 1. The van der Waals surface area contributed by atoms with Crippen molar-refractivity contribution in [2.24, 2.45) is 0 Å². The van der Waals surface area contributed by atoms with Crippen molar-refractivity contribution in [1.29, 1.82) is 0 Å². The Balaban J connectivity index is 1.96. The quantitative estimate of drug-likeness (QED) is 0.815. The minimum absolute atomic E-state index is 0.106. The van der Waals surface area contributed by atoms with Crippen LogP contribution in [0.1, 0.15) is 24.1 Å². The first-order valence-electron chi connectivity index (χ1n) is 8.30. The predicted octanol–water partition coefficient (Wildman–Crippen LogP) is 3.83. The van der Waals surface area contributed by atoms with Crippen LogP contribution < -0.4 is 10.1 Å². The molecule has 134 valence electrons. The van der Waals surface area contributed by atoms with Gasteiger partial charge in [-0.3, -0.25) is 4.79 Å². The lowest BCUT2D eigenvalue weighted by Crippen LogP contribution is -2.41. The summed E-state index contributed by atoms with van der Waals surface area (Å²) < 4.78 is 5.78. The molecule has 0 aliphatic rings. The van der Waals surface area contributed by atoms with Gasteiger partial charge < -0.3 is 15.0 Å². The summed E-state index contributed by atoms with van der Waals surface area (Å²) in [6, 6.07) is 15.6. The van der Waals surface area contributed by atoms with Gasteiger partial charge in [-0.2, -0.15) is 0 Å². The Labute approximate surface area is 154 Å². The van der Waals surface area contributed by atoms with Crippen LogP contribution >= 0.6 is 11.6 Å². The summed E-state index contributed by atoms with van der Waals surface area (Å²) >= 11 is 5.95. The van der Waals surface area contributed by atoms with Crippen molar-refractivity contribution in [3.63, 3.8) is 0 Å². The number of hydrogen-bond donors (Lipinski definition) is 1. The lowest BCUT2D eigenvalue weighted by molar-refractivity contribution is -0.127. The first kappa shape index (κ1) is 19.3. The minimum Gasteiger partial charge on any atom is -0.481 e. The van der Waals surface area contributed by atoms with Crippen LogP contribution in [0.25, 0.3) is 0 Å². The fraction of sp³-hybridized carbons (Fsp3) is 0.350. The van der Waals surface area contributed by atoms with Crippen LogP contribution in [0, 0.1) is 6.92 Å². The van der Waals surface area contributed by atoms with E-state index in [1.165, 1.54) is 0 Å². The minimum atomic E-state index is -0.585. The summed E-state index contributed by atoms with van der Waals surface area (Å²) in [6.07, 6.45) is -0.585. The fourth-order valence-electron chi connectivity index (χ4n) is 2.60. The van der Waals surface area contributed by atoms with Crippen molar-refractivity contribution in [2.75, 3.05) is 20.6 Å². The molecule has 0 radical (unpaired) electrons. The van der Waals surface area contributed by atoms with Gasteiger partial charge in [0.25, 0.3) is 5.91 Å². The van der Waals surface area contributed by atoms with E-state index in [9.17, 15) is 4.79 Å². The Morgan fingerprint density at radius 1 is 1.20 bits per heavy atom. The summed E-state index contributed by atoms with van der Waals surface area (Å²) in [6.45, 7) is 4.17. The second kappa shape index (κ2) is 8.88. The summed E-state index contributed by atoms with van der Waals surface area (Å²) in [5.74, 6) is 0.524. The molecule has 1 amide bonds. The second-order valence-electron chi connectivity index (χ2n) is 6.31. The third kappa shape index (κ3) is 5.48. The number of nitrogens with zero attached hydrogens (tertiary/aromatic N) is 1. The zero-order chi connectivity index (χ0) is 18.4. The summed E-state index contributed by atoms with van der Waals surface area (Å²) in [4.78, 5) is 14.5. The Bertz CT molecular complexity index is 704. The van der Waals surface area contributed by atoms with E-state index in [0.29, 0.717) is 17.3 Å². The summed E-state index contributed by atoms with van der Waals surface area (Å²) in [7, 11) is 4.00. The molecule has 0 bridgehead atoms. The zero-order valence-corrected chi connectivity index (χ0v) is 15.9. The Hall–Kier alpha value is -2.04. The molecule has 2 atom stereocenters. The van der Waals surface area contributed by atoms with Gasteiger partial charge in [-0.15, -0.1) is 0 Å². The Kier molecular flexibility index (Phi) is 6.85.